The van der Waals surface area contributed by atoms with Crippen molar-refractivity contribution in [3.8, 4) is 0 Å². The summed E-state index contributed by atoms with van der Waals surface area (Å²) in [5.41, 5.74) is 7.84. The Morgan fingerprint density at radius 2 is 1.58 bits per heavy atom. The molecule has 0 radical (unpaired) electrons. The molecule has 4 rings (SSSR count). The Labute approximate surface area is 183 Å². The van der Waals surface area contributed by atoms with Crippen LogP contribution in [0.1, 0.15) is 25.7 Å². The predicted octanol–water partition coefficient (Wildman–Crippen LogP) is 0.595. The van der Waals surface area contributed by atoms with Gasteiger partial charge in [0.2, 0.25) is 11.8 Å². The summed E-state index contributed by atoms with van der Waals surface area (Å²) in [6.07, 6.45) is 2.71. The molecule has 0 atom stereocenters. The van der Waals surface area contributed by atoms with Gasteiger partial charge in [0.15, 0.2) is 0 Å². The molecule has 0 bridgehead atoms. The molecule has 0 aliphatic carbocycles. The molecule has 3 aliphatic rings. The predicted molar refractivity (Wildman–Crippen MR) is 119 cm³/mol. The summed E-state index contributed by atoms with van der Waals surface area (Å²) < 4.78 is 0. The average molecular weight is 429 g/mol. The lowest BCUT2D eigenvalue weighted by molar-refractivity contribution is -0.132. The quantitative estimate of drug-likeness (QED) is 0.712. The summed E-state index contributed by atoms with van der Waals surface area (Å²) in [5, 5.41) is 2.35. The first-order valence-corrected chi connectivity index (χ1v) is 11.2. The highest BCUT2D eigenvalue weighted by Crippen LogP contribution is 2.23. The molecule has 0 spiro atoms. The second-order valence-electron chi connectivity index (χ2n) is 8.57. The van der Waals surface area contributed by atoms with Crippen LogP contribution in [0.4, 0.5) is 16.2 Å². The Bertz CT molecular complexity index is 798. The number of hydrogen-bond donors (Lipinski definition) is 2. The minimum absolute atomic E-state index is 0.224. The van der Waals surface area contributed by atoms with Gasteiger partial charge in [-0.1, -0.05) is 0 Å². The van der Waals surface area contributed by atoms with Gasteiger partial charge in [0.1, 0.15) is 0 Å². The zero-order chi connectivity index (χ0) is 21.8. The Balaban J connectivity index is 1.22. The van der Waals surface area contributed by atoms with Crippen LogP contribution in [0.25, 0.3) is 0 Å². The highest BCUT2D eigenvalue weighted by Gasteiger charge is 2.25. The molecule has 9 heteroatoms. The minimum Gasteiger partial charge on any atom is -0.369 e. The molecule has 3 aliphatic heterocycles. The first kappa shape index (κ1) is 21.6. The van der Waals surface area contributed by atoms with Gasteiger partial charge in [-0.25, -0.2) is 4.79 Å². The summed E-state index contributed by atoms with van der Waals surface area (Å²) in [5.74, 6) is 0.0194. The van der Waals surface area contributed by atoms with Gasteiger partial charge in [0.05, 0.1) is 0 Å². The van der Waals surface area contributed by atoms with Crippen molar-refractivity contribution in [1.82, 2.24) is 15.1 Å². The number of nitrogens with zero attached hydrogens (tertiary/aromatic N) is 4. The van der Waals surface area contributed by atoms with Crippen molar-refractivity contribution in [2.45, 2.75) is 31.7 Å². The van der Waals surface area contributed by atoms with Crippen LogP contribution in [0.15, 0.2) is 24.3 Å². The lowest BCUT2D eigenvalue weighted by Gasteiger charge is -2.37. The number of urea groups is 1. The fraction of sp³-hybridized carbons (Fsp3) is 0.591. The number of anilines is 2. The second kappa shape index (κ2) is 9.65. The van der Waals surface area contributed by atoms with Crippen molar-refractivity contribution in [3.63, 3.8) is 0 Å². The summed E-state index contributed by atoms with van der Waals surface area (Å²) in [7, 11) is 0. The summed E-state index contributed by atoms with van der Waals surface area (Å²) >= 11 is 0. The molecule has 4 amide bonds. The van der Waals surface area contributed by atoms with E-state index in [9.17, 15) is 14.4 Å². The van der Waals surface area contributed by atoms with Crippen molar-refractivity contribution in [2.75, 3.05) is 62.2 Å². The van der Waals surface area contributed by atoms with E-state index in [2.05, 4.69) is 15.1 Å². The number of nitrogens with one attached hydrogen (secondary N) is 1. The Morgan fingerprint density at radius 1 is 0.935 bits per heavy atom. The van der Waals surface area contributed by atoms with Crippen molar-refractivity contribution < 1.29 is 14.4 Å². The lowest BCUT2D eigenvalue weighted by Crippen LogP contribution is -2.49. The van der Waals surface area contributed by atoms with E-state index in [1.807, 2.05) is 29.2 Å². The maximum Gasteiger partial charge on any atom is 0.328 e. The molecule has 168 valence electrons. The smallest absolute Gasteiger partial charge is 0.328 e. The van der Waals surface area contributed by atoms with Gasteiger partial charge in [-0.05, 0) is 37.1 Å². The average Bonchev–Trinajstić information content (AvgIpc) is 2.78. The summed E-state index contributed by atoms with van der Waals surface area (Å²) in [6, 6.07) is 7.80. The summed E-state index contributed by atoms with van der Waals surface area (Å²) in [4.78, 5) is 44.0. The standard InChI is InChI=1S/C22H32N6O3/c23-17-5-10-27(11-6-17)21(30)8-9-25-13-15-26(16-14-25)18-1-3-19(4-2-18)28-12-7-20(29)24-22(28)31/h1-4,17H,5-16,23H2,(H,24,29,31). The van der Waals surface area contributed by atoms with E-state index in [0.29, 0.717) is 19.4 Å². The third kappa shape index (κ3) is 5.34. The Morgan fingerprint density at radius 3 is 2.23 bits per heavy atom. The molecule has 3 saturated heterocycles. The highest BCUT2D eigenvalue weighted by molar-refractivity contribution is 6.05. The maximum absolute atomic E-state index is 12.4. The van der Waals surface area contributed by atoms with Crippen LogP contribution in [-0.4, -0.2) is 86.0 Å². The van der Waals surface area contributed by atoms with Gasteiger partial charge in [-0.2, -0.15) is 0 Å². The topological polar surface area (TPSA) is 102 Å². The number of nitrogens with two attached hydrogens (primary N) is 1. The van der Waals surface area contributed by atoms with Gasteiger partial charge in [-0.3, -0.25) is 24.7 Å². The number of piperidine rings is 1. The van der Waals surface area contributed by atoms with Crippen LogP contribution in [0.3, 0.4) is 0 Å². The Hall–Kier alpha value is -2.65. The number of rotatable bonds is 5. The number of carbonyl (C=O) groups is 3. The van der Waals surface area contributed by atoms with Gasteiger partial charge < -0.3 is 15.5 Å². The van der Waals surface area contributed by atoms with Gasteiger partial charge in [0.25, 0.3) is 0 Å². The summed E-state index contributed by atoms with van der Waals surface area (Å²) in [6.45, 7) is 6.46. The van der Waals surface area contributed by atoms with Crippen LogP contribution < -0.4 is 20.9 Å². The molecule has 3 fully saturated rings. The highest BCUT2D eigenvalue weighted by atomic mass is 16.2. The van der Waals surface area contributed by atoms with Crippen molar-refractivity contribution in [1.29, 1.82) is 0 Å². The number of piperazine rings is 1. The normalized spacial score (nSPS) is 21.4. The minimum atomic E-state index is -0.362. The van der Waals surface area contributed by atoms with Crippen LogP contribution in [-0.2, 0) is 9.59 Å². The van der Waals surface area contributed by atoms with Crippen LogP contribution >= 0.6 is 0 Å². The maximum atomic E-state index is 12.4. The SMILES string of the molecule is NC1CCN(C(=O)CCN2CCN(c3ccc(N4CCC(=O)NC4=O)cc3)CC2)CC1. The van der Waals surface area contributed by atoms with Gasteiger partial charge >= 0.3 is 6.03 Å². The van der Waals surface area contributed by atoms with Gasteiger partial charge in [0, 0.05) is 82.6 Å². The number of amides is 4. The fourth-order valence-corrected chi connectivity index (χ4v) is 4.44. The molecule has 0 aromatic heterocycles. The third-order valence-electron chi connectivity index (χ3n) is 6.49. The number of imide groups is 1. The molecule has 31 heavy (non-hydrogen) atoms. The van der Waals surface area contributed by atoms with Crippen LogP contribution in [0.2, 0.25) is 0 Å². The first-order valence-electron chi connectivity index (χ1n) is 11.2. The fourth-order valence-electron chi connectivity index (χ4n) is 4.44. The van der Waals surface area contributed by atoms with Crippen molar-refractivity contribution in [3.05, 3.63) is 24.3 Å². The number of benzene rings is 1. The molecular weight excluding hydrogens is 396 g/mol. The zero-order valence-electron chi connectivity index (χ0n) is 18.0. The Kier molecular flexibility index (Phi) is 6.72. The molecule has 0 saturated carbocycles. The second-order valence-corrected chi connectivity index (χ2v) is 8.57. The van der Waals surface area contributed by atoms with E-state index in [1.165, 1.54) is 0 Å². The van der Waals surface area contributed by atoms with Gasteiger partial charge in [-0.15, -0.1) is 0 Å². The molecule has 3 N–H and O–H groups in total. The number of carbonyl (C=O) groups excluding carboxylic acids is 3. The van der Waals surface area contributed by atoms with E-state index in [4.69, 9.17) is 5.73 Å². The molecule has 0 unspecified atom stereocenters. The van der Waals surface area contributed by atoms with E-state index in [0.717, 1.165) is 70.0 Å². The zero-order valence-corrected chi connectivity index (χ0v) is 18.0. The van der Waals surface area contributed by atoms with E-state index < -0.39 is 0 Å². The van der Waals surface area contributed by atoms with Crippen molar-refractivity contribution in [2.24, 2.45) is 5.73 Å². The van der Waals surface area contributed by atoms with E-state index in [1.54, 1.807) is 4.90 Å². The van der Waals surface area contributed by atoms with Crippen LogP contribution in [0, 0.1) is 0 Å². The molecule has 3 heterocycles. The van der Waals surface area contributed by atoms with Crippen molar-refractivity contribution >= 4 is 29.2 Å². The molecule has 1 aromatic carbocycles. The number of hydrogen-bond acceptors (Lipinski definition) is 6. The van der Waals surface area contributed by atoms with E-state index in [-0.39, 0.29) is 23.9 Å². The molecule has 1 aromatic rings. The molecular formula is C22H32N6O3. The van der Waals surface area contributed by atoms with Crippen LogP contribution in [0.5, 0.6) is 0 Å². The largest absolute Gasteiger partial charge is 0.369 e. The van der Waals surface area contributed by atoms with E-state index >= 15 is 0 Å². The third-order valence-corrected chi connectivity index (χ3v) is 6.49. The lowest BCUT2D eigenvalue weighted by atomic mass is 10.1. The number of likely N-dealkylation sites (tertiary alicyclic amines) is 1. The monoisotopic (exact) mass is 428 g/mol. The first-order chi connectivity index (χ1) is 15.0. The molecule has 9 nitrogen and oxygen atoms in total.